The van der Waals surface area contributed by atoms with Gasteiger partial charge in [-0.3, -0.25) is 19.6 Å². The molecule has 1 saturated carbocycles. The summed E-state index contributed by atoms with van der Waals surface area (Å²) in [6, 6.07) is 0.327. The number of hydrogen-bond donors (Lipinski definition) is 1. The number of piperidine rings is 1. The van der Waals surface area contributed by atoms with Gasteiger partial charge in [0, 0.05) is 58.2 Å². The first-order chi connectivity index (χ1) is 15.1. The van der Waals surface area contributed by atoms with Gasteiger partial charge >= 0.3 is 0 Å². The van der Waals surface area contributed by atoms with Gasteiger partial charge < -0.3 is 14.5 Å². The van der Waals surface area contributed by atoms with Gasteiger partial charge in [-0.15, -0.1) is 0 Å². The van der Waals surface area contributed by atoms with Crippen LogP contribution in [0.5, 0.6) is 0 Å². The van der Waals surface area contributed by atoms with Gasteiger partial charge in [-0.25, -0.2) is 0 Å². The van der Waals surface area contributed by atoms with Crippen LogP contribution >= 0.6 is 0 Å². The zero-order valence-electron chi connectivity index (χ0n) is 18.9. The minimum absolute atomic E-state index is 0.0615. The number of carbonyl (C=O) groups excluding carboxylic acids is 2. The molecular formula is C23H37N5O3. The Hall–Kier alpha value is -1.93. The lowest BCUT2D eigenvalue weighted by Gasteiger charge is -2.34. The lowest BCUT2D eigenvalue weighted by Crippen LogP contribution is -2.43. The van der Waals surface area contributed by atoms with Crippen molar-refractivity contribution >= 4 is 11.8 Å². The van der Waals surface area contributed by atoms with Crippen LogP contribution in [0.2, 0.25) is 0 Å². The van der Waals surface area contributed by atoms with Crippen LogP contribution in [0.25, 0.3) is 0 Å². The van der Waals surface area contributed by atoms with Crippen molar-refractivity contribution in [2.45, 2.75) is 63.3 Å². The fourth-order valence-corrected chi connectivity index (χ4v) is 5.28. The second kappa shape index (κ2) is 10.6. The summed E-state index contributed by atoms with van der Waals surface area (Å²) in [4.78, 5) is 32.3. The Morgan fingerprint density at radius 1 is 1.13 bits per heavy atom. The summed E-state index contributed by atoms with van der Waals surface area (Å²) in [5.41, 5.74) is 1.58. The molecule has 8 heteroatoms. The standard InChI is InChI=1S/C23H37N5O3/c1-26(19-7-3-2-4-8-19)23(30)20-16-24-25-22(20)18-6-5-10-28(17-18)21(29)9-11-27-12-14-31-15-13-27/h16,18-19H,2-15,17H2,1H3,(H,24,25)/t18-/m1/s1. The molecule has 1 aromatic rings. The van der Waals surface area contributed by atoms with Gasteiger partial charge in [0.25, 0.3) is 5.91 Å². The molecule has 8 nitrogen and oxygen atoms in total. The molecule has 1 N–H and O–H groups in total. The third kappa shape index (κ3) is 5.47. The largest absolute Gasteiger partial charge is 0.379 e. The first kappa shape index (κ1) is 22.3. The molecule has 3 heterocycles. The van der Waals surface area contributed by atoms with Gasteiger partial charge in [0.05, 0.1) is 30.7 Å². The van der Waals surface area contributed by atoms with Gasteiger partial charge in [0.1, 0.15) is 0 Å². The van der Waals surface area contributed by atoms with E-state index in [2.05, 4.69) is 15.1 Å². The molecule has 1 atom stereocenters. The van der Waals surface area contributed by atoms with E-state index in [1.54, 1.807) is 6.20 Å². The third-order valence-corrected chi connectivity index (χ3v) is 7.27. The molecule has 2 aliphatic heterocycles. The predicted octanol–water partition coefficient (Wildman–Crippen LogP) is 2.24. The van der Waals surface area contributed by atoms with Crippen LogP contribution in [-0.2, 0) is 9.53 Å². The van der Waals surface area contributed by atoms with Crippen molar-refractivity contribution in [1.29, 1.82) is 0 Å². The van der Waals surface area contributed by atoms with Gasteiger partial charge in [-0.2, -0.15) is 5.10 Å². The number of ether oxygens (including phenoxy) is 1. The van der Waals surface area contributed by atoms with E-state index in [0.717, 1.165) is 70.8 Å². The Kier molecular flexibility index (Phi) is 7.61. The van der Waals surface area contributed by atoms with Crippen LogP contribution in [0.4, 0.5) is 0 Å². The van der Waals surface area contributed by atoms with Crippen molar-refractivity contribution in [2.75, 3.05) is 53.0 Å². The highest BCUT2D eigenvalue weighted by Gasteiger charge is 2.31. The number of likely N-dealkylation sites (tertiary alicyclic amines) is 1. The number of H-pyrrole nitrogens is 1. The number of carbonyl (C=O) groups is 2. The fourth-order valence-electron chi connectivity index (χ4n) is 5.28. The molecule has 31 heavy (non-hydrogen) atoms. The SMILES string of the molecule is CN(C(=O)c1cn[nH]c1[C@@H]1CCCN(C(=O)CCN2CCOCC2)C1)C1CCCCC1. The molecule has 4 rings (SSSR count). The molecule has 1 aliphatic carbocycles. The monoisotopic (exact) mass is 431 g/mol. The summed E-state index contributed by atoms with van der Waals surface area (Å²) >= 11 is 0. The number of amides is 2. The number of nitrogens with one attached hydrogen (secondary N) is 1. The van der Waals surface area contributed by atoms with Crippen molar-refractivity contribution in [3.63, 3.8) is 0 Å². The van der Waals surface area contributed by atoms with Gasteiger partial charge in [0.2, 0.25) is 5.91 Å². The molecule has 0 unspecified atom stereocenters. The van der Waals surface area contributed by atoms with E-state index in [1.807, 2.05) is 16.8 Å². The van der Waals surface area contributed by atoms with E-state index in [9.17, 15) is 9.59 Å². The van der Waals surface area contributed by atoms with Crippen LogP contribution in [-0.4, -0.2) is 95.7 Å². The Morgan fingerprint density at radius 2 is 1.90 bits per heavy atom. The summed E-state index contributed by atoms with van der Waals surface area (Å²) in [7, 11) is 1.93. The van der Waals surface area contributed by atoms with Gasteiger partial charge in [0.15, 0.2) is 0 Å². The molecule has 3 fully saturated rings. The second-order valence-electron chi connectivity index (χ2n) is 9.29. The number of morpholine rings is 1. The highest BCUT2D eigenvalue weighted by atomic mass is 16.5. The molecule has 172 valence electrons. The van der Waals surface area contributed by atoms with E-state index >= 15 is 0 Å². The molecule has 2 saturated heterocycles. The first-order valence-corrected chi connectivity index (χ1v) is 12.0. The predicted molar refractivity (Wildman–Crippen MR) is 118 cm³/mol. The Labute approximate surface area is 185 Å². The Morgan fingerprint density at radius 3 is 2.68 bits per heavy atom. The summed E-state index contributed by atoms with van der Waals surface area (Å²) in [6.45, 7) is 5.59. The molecule has 3 aliphatic rings. The average Bonchev–Trinajstić information content (AvgIpc) is 3.33. The molecule has 0 bridgehead atoms. The number of nitrogens with zero attached hydrogens (tertiary/aromatic N) is 4. The van der Waals surface area contributed by atoms with E-state index in [4.69, 9.17) is 4.74 Å². The van der Waals surface area contributed by atoms with Crippen molar-refractivity contribution in [1.82, 2.24) is 24.9 Å². The number of aromatic amines is 1. The summed E-state index contributed by atoms with van der Waals surface area (Å²) in [6.07, 6.45) is 10.0. The maximum atomic E-state index is 13.2. The zero-order valence-corrected chi connectivity index (χ0v) is 18.9. The second-order valence-corrected chi connectivity index (χ2v) is 9.29. The first-order valence-electron chi connectivity index (χ1n) is 12.0. The molecule has 0 radical (unpaired) electrons. The molecule has 0 aromatic carbocycles. The van der Waals surface area contributed by atoms with Gasteiger partial charge in [-0.1, -0.05) is 19.3 Å². The number of rotatable bonds is 6. The molecular weight excluding hydrogens is 394 g/mol. The third-order valence-electron chi connectivity index (χ3n) is 7.27. The van der Waals surface area contributed by atoms with Gasteiger partial charge in [-0.05, 0) is 25.7 Å². The van der Waals surface area contributed by atoms with Crippen molar-refractivity contribution < 1.29 is 14.3 Å². The van der Waals surface area contributed by atoms with Crippen molar-refractivity contribution in [3.8, 4) is 0 Å². The normalized spacial score (nSPS) is 23.6. The molecule has 0 spiro atoms. The van der Waals surface area contributed by atoms with Crippen LogP contribution < -0.4 is 0 Å². The van der Waals surface area contributed by atoms with E-state index in [-0.39, 0.29) is 17.7 Å². The fraction of sp³-hybridized carbons (Fsp3) is 0.783. The number of aromatic nitrogens is 2. The Balaban J connectivity index is 1.35. The van der Waals surface area contributed by atoms with Crippen LogP contribution in [0.15, 0.2) is 6.20 Å². The van der Waals surface area contributed by atoms with Crippen molar-refractivity contribution in [2.24, 2.45) is 0 Å². The minimum Gasteiger partial charge on any atom is -0.379 e. The van der Waals surface area contributed by atoms with Crippen molar-refractivity contribution in [3.05, 3.63) is 17.5 Å². The van der Waals surface area contributed by atoms with E-state index < -0.39 is 0 Å². The number of hydrogen-bond acceptors (Lipinski definition) is 5. The summed E-state index contributed by atoms with van der Waals surface area (Å²) in [5, 5.41) is 7.32. The lowest BCUT2D eigenvalue weighted by atomic mass is 9.91. The topological polar surface area (TPSA) is 81.8 Å². The minimum atomic E-state index is 0.0615. The Bertz CT molecular complexity index is 739. The maximum absolute atomic E-state index is 13.2. The highest BCUT2D eigenvalue weighted by Crippen LogP contribution is 2.30. The maximum Gasteiger partial charge on any atom is 0.257 e. The zero-order chi connectivity index (χ0) is 21.6. The summed E-state index contributed by atoms with van der Waals surface area (Å²) in [5.74, 6) is 0.414. The average molecular weight is 432 g/mol. The van der Waals surface area contributed by atoms with E-state index in [1.165, 1.54) is 19.3 Å². The molecule has 2 amide bonds. The van der Waals surface area contributed by atoms with Crippen LogP contribution in [0.3, 0.4) is 0 Å². The highest BCUT2D eigenvalue weighted by molar-refractivity contribution is 5.95. The summed E-state index contributed by atoms with van der Waals surface area (Å²) < 4.78 is 5.39. The van der Waals surface area contributed by atoms with Crippen LogP contribution in [0, 0.1) is 0 Å². The molecule has 1 aromatic heterocycles. The smallest absolute Gasteiger partial charge is 0.257 e. The lowest BCUT2D eigenvalue weighted by molar-refractivity contribution is -0.133. The van der Waals surface area contributed by atoms with E-state index in [0.29, 0.717) is 24.6 Å². The quantitative estimate of drug-likeness (QED) is 0.747. The van der Waals surface area contributed by atoms with Crippen LogP contribution in [0.1, 0.15) is 73.3 Å².